The zero-order valence-corrected chi connectivity index (χ0v) is 7.92. The summed E-state index contributed by atoms with van der Waals surface area (Å²) in [6, 6.07) is 0. The van der Waals surface area contributed by atoms with Gasteiger partial charge < -0.3 is 9.84 Å². The van der Waals surface area contributed by atoms with Crippen LogP contribution in [0.2, 0.25) is 0 Å². The highest BCUT2D eigenvalue weighted by Crippen LogP contribution is 2.28. The fourth-order valence-corrected chi connectivity index (χ4v) is 1.32. The van der Waals surface area contributed by atoms with Crippen LogP contribution in [0.1, 0.15) is 27.2 Å². The first kappa shape index (κ1) is 9.17. The van der Waals surface area contributed by atoms with Crippen LogP contribution in [0.25, 0.3) is 0 Å². The molecule has 0 amide bonds. The van der Waals surface area contributed by atoms with Crippen LogP contribution >= 0.6 is 0 Å². The second-order valence-corrected chi connectivity index (χ2v) is 3.17. The van der Waals surface area contributed by atoms with E-state index in [-0.39, 0.29) is 5.92 Å². The molecule has 0 bridgehead atoms. The van der Waals surface area contributed by atoms with Crippen molar-refractivity contribution in [1.29, 1.82) is 0 Å². The van der Waals surface area contributed by atoms with E-state index >= 15 is 0 Å². The Morgan fingerprint density at radius 1 is 1.67 bits per heavy atom. The summed E-state index contributed by atoms with van der Waals surface area (Å²) in [5, 5.41) is 9.65. The Balaban J connectivity index is 2.87. The van der Waals surface area contributed by atoms with Gasteiger partial charge in [-0.1, -0.05) is 13.0 Å². The molecule has 0 aliphatic heterocycles. The van der Waals surface area contributed by atoms with Crippen LogP contribution in [0.5, 0.6) is 0 Å². The van der Waals surface area contributed by atoms with Gasteiger partial charge in [0.05, 0.1) is 6.61 Å². The molecule has 0 spiro atoms. The molecule has 1 rings (SSSR count). The highest BCUT2D eigenvalue weighted by molar-refractivity contribution is 5.30. The third-order valence-corrected chi connectivity index (χ3v) is 2.12. The van der Waals surface area contributed by atoms with E-state index in [2.05, 4.69) is 6.08 Å². The van der Waals surface area contributed by atoms with Crippen LogP contribution in [0, 0.1) is 5.92 Å². The summed E-state index contributed by atoms with van der Waals surface area (Å²) in [5.74, 6) is 1.28. The first-order valence-electron chi connectivity index (χ1n) is 4.39. The Bertz CT molecular complexity index is 226. The fraction of sp³-hybridized carbons (Fsp3) is 0.600. The molecule has 68 valence electrons. The van der Waals surface area contributed by atoms with Crippen molar-refractivity contribution in [3.63, 3.8) is 0 Å². The van der Waals surface area contributed by atoms with Crippen molar-refractivity contribution in [2.75, 3.05) is 6.61 Å². The van der Waals surface area contributed by atoms with Crippen molar-refractivity contribution in [2.24, 2.45) is 5.92 Å². The van der Waals surface area contributed by atoms with Gasteiger partial charge in [-0.2, -0.15) is 0 Å². The van der Waals surface area contributed by atoms with Crippen molar-refractivity contribution < 1.29 is 9.84 Å². The Morgan fingerprint density at radius 2 is 2.33 bits per heavy atom. The van der Waals surface area contributed by atoms with Crippen LogP contribution in [0.15, 0.2) is 23.2 Å². The summed E-state index contributed by atoms with van der Waals surface area (Å²) in [5.41, 5.74) is 1.05. The molecule has 1 aliphatic carbocycles. The zero-order chi connectivity index (χ0) is 9.14. The number of ether oxygens (including phenoxy) is 1. The van der Waals surface area contributed by atoms with E-state index in [0.29, 0.717) is 18.1 Å². The van der Waals surface area contributed by atoms with Crippen molar-refractivity contribution >= 4 is 0 Å². The maximum absolute atomic E-state index is 9.65. The minimum atomic E-state index is 0.204. The molecule has 1 atom stereocenters. The molecular formula is C10H16O2. The summed E-state index contributed by atoms with van der Waals surface area (Å²) in [6.07, 6.45) is 3.02. The van der Waals surface area contributed by atoms with Crippen molar-refractivity contribution in [3.05, 3.63) is 23.2 Å². The number of hydrogen-bond donors (Lipinski definition) is 1. The van der Waals surface area contributed by atoms with Crippen LogP contribution in [-0.2, 0) is 4.74 Å². The van der Waals surface area contributed by atoms with Gasteiger partial charge in [0.15, 0.2) is 5.76 Å². The summed E-state index contributed by atoms with van der Waals surface area (Å²) < 4.78 is 5.34. The van der Waals surface area contributed by atoms with Gasteiger partial charge in [0.1, 0.15) is 5.76 Å². The number of aliphatic hydroxyl groups excluding tert-OH is 1. The van der Waals surface area contributed by atoms with Gasteiger partial charge in [0.2, 0.25) is 0 Å². The molecular weight excluding hydrogens is 152 g/mol. The third-order valence-electron chi connectivity index (χ3n) is 2.12. The monoisotopic (exact) mass is 168 g/mol. The predicted octanol–water partition coefficient (Wildman–Crippen LogP) is 2.78. The summed E-state index contributed by atoms with van der Waals surface area (Å²) >= 11 is 0. The van der Waals surface area contributed by atoms with Crippen molar-refractivity contribution in [3.8, 4) is 0 Å². The molecule has 12 heavy (non-hydrogen) atoms. The maximum atomic E-state index is 9.65. The topological polar surface area (TPSA) is 29.5 Å². The predicted molar refractivity (Wildman–Crippen MR) is 48.8 cm³/mol. The molecule has 0 aromatic heterocycles. The van der Waals surface area contributed by atoms with E-state index in [1.807, 2.05) is 20.8 Å². The van der Waals surface area contributed by atoms with Gasteiger partial charge in [-0.15, -0.1) is 0 Å². The molecule has 1 N–H and O–H groups in total. The van der Waals surface area contributed by atoms with E-state index < -0.39 is 0 Å². The van der Waals surface area contributed by atoms with Gasteiger partial charge in [-0.3, -0.25) is 0 Å². The highest BCUT2D eigenvalue weighted by Gasteiger charge is 2.19. The standard InChI is InChI=1S/C10H16O2/c1-4-12-10-8(3)6-5-7(2)9(10)11/h6-7,11H,4-5H2,1-3H3. The Hall–Kier alpha value is -0.920. The third kappa shape index (κ3) is 1.63. The maximum Gasteiger partial charge on any atom is 0.159 e. The van der Waals surface area contributed by atoms with Gasteiger partial charge in [0.25, 0.3) is 0 Å². The molecule has 0 fully saturated rings. The lowest BCUT2D eigenvalue weighted by molar-refractivity contribution is 0.195. The van der Waals surface area contributed by atoms with E-state index in [9.17, 15) is 5.11 Å². The normalized spacial score (nSPS) is 23.9. The molecule has 2 heteroatoms. The molecule has 0 saturated heterocycles. The van der Waals surface area contributed by atoms with Gasteiger partial charge >= 0.3 is 0 Å². The van der Waals surface area contributed by atoms with Gasteiger partial charge in [-0.25, -0.2) is 0 Å². The number of rotatable bonds is 2. The van der Waals surface area contributed by atoms with E-state index in [4.69, 9.17) is 4.74 Å². The average Bonchev–Trinajstić information content (AvgIpc) is 2.06. The first-order valence-corrected chi connectivity index (χ1v) is 4.39. The van der Waals surface area contributed by atoms with Gasteiger partial charge in [-0.05, 0) is 25.8 Å². The molecule has 0 aromatic carbocycles. The molecule has 2 nitrogen and oxygen atoms in total. The summed E-state index contributed by atoms with van der Waals surface area (Å²) in [7, 11) is 0. The quantitative estimate of drug-likeness (QED) is 0.687. The molecule has 0 heterocycles. The second kappa shape index (κ2) is 3.65. The Morgan fingerprint density at radius 3 is 2.92 bits per heavy atom. The summed E-state index contributed by atoms with van der Waals surface area (Å²) in [6.45, 7) is 6.49. The average molecular weight is 168 g/mol. The number of aliphatic hydroxyl groups is 1. The largest absolute Gasteiger partial charge is 0.508 e. The molecule has 0 saturated carbocycles. The minimum Gasteiger partial charge on any atom is -0.508 e. The Kier molecular flexibility index (Phi) is 2.79. The smallest absolute Gasteiger partial charge is 0.159 e. The minimum absolute atomic E-state index is 0.204. The van der Waals surface area contributed by atoms with Crippen molar-refractivity contribution in [1.82, 2.24) is 0 Å². The molecule has 0 radical (unpaired) electrons. The van der Waals surface area contributed by atoms with E-state index in [1.165, 1.54) is 0 Å². The fourth-order valence-electron chi connectivity index (χ4n) is 1.32. The number of allylic oxidation sites excluding steroid dienone is 3. The number of hydrogen-bond acceptors (Lipinski definition) is 2. The Labute approximate surface area is 73.5 Å². The van der Waals surface area contributed by atoms with Gasteiger partial charge in [0, 0.05) is 5.92 Å². The van der Waals surface area contributed by atoms with Crippen LogP contribution in [0.3, 0.4) is 0 Å². The van der Waals surface area contributed by atoms with Crippen molar-refractivity contribution in [2.45, 2.75) is 27.2 Å². The lowest BCUT2D eigenvalue weighted by Gasteiger charge is -2.20. The van der Waals surface area contributed by atoms with Crippen LogP contribution in [-0.4, -0.2) is 11.7 Å². The molecule has 1 aliphatic rings. The summed E-state index contributed by atoms with van der Waals surface area (Å²) in [4.78, 5) is 0. The zero-order valence-electron chi connectivity index (χ0n) is 7.92. The lowest BCUT2D eigenvalue weighted by atomic mass is 9.95. The molecule has 1 unspecified atom stereocenters. The second-order valence-electron chi connectivity index (χ2n) is 3.17. The SMILES string of the molecule is CCOC1=C(O)C(C)CC=C1C. The van der Waals surface area contributed by atoms with Crippen LogP contribution in [0.4, 0.5) is 0 Å². The highest BCUT2D eigenvalue weighted by atomic mass is 16.5. The first-order chi connectivity index (χ1) is 5.66. The van der Waals surface area contributed by atoms with E-state index in [0.717, 1.165) is 12.0 Å². The lowest BCUT2D eigenvalue weighted by Crippen LogP contribution is -2.10. The van der Waals surface area contributed by atoms with E-state index in [1.54, 1.807) is 0 Å². The molecule has 0 aromatic rings. The van der Waals surface area contributed by atoms with Crippen LogP contribution < -0.4 is 0 Å².